The Kier molecular flexibility index (Phi) is 5.44. The first kappa shape index (κ1) is 20.6. The van der Waals surface area contributed by atoms with Gasteiger partial charge in [0.05, 0.1) is 18.8 Å². The molecule has 0 amide bonds. The highest BCUT2D eigenvalue weighted by Gasteiger charge is 2.34. The molecular formula is C17H15F5N4O3. The van der Waals surface area contributed by atoms with Crippen LogP contribution in [0.25, 0.3) is 16.7 Å². The van der Waals surface area contributed by atoms with E-state index in [9.17, 15) is 26.7 Å². The first-order chi connectivity index (χ1) is 13.7. The Morgan fingerprint density at radius 1 is 1.17 bits per heavy atom. The molecule has 2 heterocycles. The van der Waals surface area contributed by atoms with Crippen LogP contribution in [0.2, 0.25) is 0 Å². The Labute approximate surface area is 160 Å². The third-order valence-electron chi connectivity index (χ3n) is 3.84. The van der Waals surface area contributed by atoms with E-state index in [-0.39, 0.29) is 30.3 Å². The van der Waals surface area contributed by atoms with E-state index in [1.807, 2.05) is 0 Å². The van der Waals surface area contributed by atoms with Crippen LogP contribution in [0.5, 0.6) is 11.8 Å². The van der Waals surface area contributed by atoms with Crippen molar-refractivity contribution >= 4 is 11.0 Å². The van der Waals surface area contributed by atoms with Crippen molar-refractivity contribution < 1.29 is 31.4 Å². The summed E-state index contributed by atoms with van der Waals surface area (Å²) >= 11 is 0. The number of rotatable bonds is 6. The van der Waals surface area contributed by atoms with Gasteiger partial charge in [0.25, 0.3) is 18.0 Å². The lowest BCUT2D eigenvalue weighted by molar-refractivity contribution is -0.137. The largest absolute Gasteiger partial charge is 0.492 e. The molecule has 0 aliphatic carbocycles. The van der Waals surface area contributed by atoms with Crippen LogP contribution in [0.15, 0.2) is 23.1 Å². The number of hydrogen-bond donors (Lipinski definition) is 1. The number of halogens is 5. The second kappa shape index (κ2) is 7.68. The minimum absolute atomic E-state index is 0.0592. The number of H-pyrrole nitrogens is 1. The molecule has 2 aromatic heterocycles. The topological polar surface area (TPSA) is 82.0 Å². The molecule has 156 valence electrons. The highest BCUT2D eigenvalue weighted by Crippen LogP contribution is 2.40. The second-order valence-electron chi connectivity index (χ2n) is 5.76. The molecule has 29 heavy (non-hydrogen) atoms. The van der Waals surface area contributed by atoms with Gasteiger partial charge in [-0.25, -0.2) is 13.5 Å². The van der Waals surface area contributed by atoms with E-state index in [1.165, 1.54) is 6.92 Å². The van der Waals surface area contributed by atoms with E-state index in [2.05, 4.69) is 15.1 Å². The molecule has 0 aliphatic heterocycles. The zero-order chi connectivity index (χ0) is 21.3. The molecule has 0 unspecified atom stereocenters. The minimum Gasteiger partial charge on any atom is -0.492 e. The Morgan fingerprint density at radius 3 is 2.45 bits per heavy atom. The number of ether oxygens (including phenoxy) is 2. The summed E-state index contributed by atoms with van der Waals surface area (Å²) in [5.41, 5.74) is -3.41. The number of nitrogens with zero attached hydrogens (tertiary/aromatic N) is 3. The maximum Gasteiger partial charge on any atom is 0.416 e. The van der Waals surface area contributed by atoms with Crippen molar-refractivity contribution in [3.8, 4) is 17.4 Å². The molecule has 1 aromatic carbocycles. The van der Waals surface area contributed by atoms with Crippen molar-refractivity contribution in [1.29, 1.82) is 0 Å². The smallest absolute Gasteiger partial charge is 0.416 e. The van der Waals surface area contributed by atoms with Crippen molar-refractivity contribution in [2.75, 3.05) is 13.2 Å². The predicted octanol–water partition coefficient (Wildman–Crippen LogP) is 3.86. The fourth-order valence-electron chi connectivity index (χ4n) is 2.69. The van der Waals surface area contributed by atoms with E-state index in [0.717, 1.165) is 10.9 Å². The van der Waals surface area contributed by atoms with E-state index in [0.29, 0.717) is 12.1 Å². The number of fused-ring (bicyclic) bond motifs is 1. The predicted molar refractivity (Wildman–Crippen MR) is 91.8 cm³/mol. The number of aromatic nitrogens is 4. The van der Waals surface area contributed by atoms with Crippen molar-refractivity contribution in [2.24, 2.45) is 0 Å². The molecule has 7 nitrogen and oxygen atoms in total. The average molecular weight is 418 g/mol. The van der Waals surface area contributed by atoms with Crippen molar-refractivity contribution in [1.82, 2.24) is 19.7 Å². The van der Waals surface area contributed by atoms with Crippen LogP contribution in [0.4, 0.5) is 22.0 Å². The quantitative estimate of drug-likeness (QED) is 0.615. The van der Waals surface area contributed by atoms with Gasteiger partial charge in [-0.15, -0.1) is 5.10 Å². The lowest BCUT2D eigenvalue weighted by atomic mass is 10.1. The molecule has 0 bridgehead atoms. The number of aromatic amines is 1. The summed E-state index contributed by atoms with van der Waals surface area (Å²) in [6.07, 6.45) is -7.02. The summed E-state index contributed by atoms with van der Waals surface area (Å²) in [6, 6.07) is 0.820. The van der Waals surface area contributed by atoms with E-state index in [4.69, 9.17) is 9.47 Å². The Balaban J connectivity index is 2.28. The van der Waals surface area contributed by atoms with Crippen LogP contribution in [0.1, 0.15) is 31.4 Å². The Bertz CT molecular complexity index is 1090. The molecule has 0 saturated heterocycles. The average Bonchev–Trinajstić information content (AvgIpc) is 3.05. The molecule has 0 aliphatic rings. The van der Waals surface area contributed by atoms with E-state index in [1.54, 1.807) is 6.92 Å². The summed E-state index contributed by atoms with van der Waals surface area (Å²) in [5.74, 6) is -0.452. The van der Waals surface area contributed by atoms with Gasteiger partial charge in [-0.05, 0) is 26.0 Å². The third-order valence-corrected chi connectivity index (χ3v) is 3.84. The van der Waals surface area contributed by atoms with Gasteiger partial charge in [0.2, 0.25) is 0 Å². The van der Waals surface area contributed by atoms with Gasteiger partial charge in [-0.3, -0.25) is 9.78 Å². The summed E-state index contributed by atoms with van der Waals surface area (Å²) in [7, 11) is 0. The third kappa shape index (κ3) is 4.00. The standard InChI is InChI=1S/C17H15F5N4O3/c1-3-28-11-6-8(17(20,21)22)5-9(13(18)19)12(11)26-7-10-14(25-26)23-16(29-4-2)24-15(10)27/h5-7,13H,3-4H2,1-2H3,(H,23,24,25,27). The van der Waals surface area contributed by atoms with Gasteiger partial charge < -0.3 is 9.47 Å². The normalized spacial score (nSPS) is 12.0. The van der Waals surface area contributed by atoms with Crippen molar-refractivity contribution in [2.45, 2.75) is 26.4 Å². The molecule has 0 fully saturated rings. The molecular weight excluding hydrogens is 403 g/mol. The highest BCUT2D eigenvalue weighted by atomic mass is 19.4. The second-order valence-corrected chi connectivity index (χ2v) is 5.76. The number of nitrogens with one attached hydrogen (secondary N) is 1. The maximum absolute atomic E-state index is 13.6. The lowest BCUT2D eigenvalue weighted by Crippen LogP contribution is -2.11. The lowest BCUT2D eigenvalue weighted by Gasteiger charge is -2.18. The van der Waals surface area contributed by atoms with E-state index < -0.39 is 40.7 Å². The first-order valence-corrected chi connectivity index (χ1v) is 8.44. The molecule has 3 rings (SSSR count). The molecule has 0 atom stereocenters. The summed E-state index contributed by atoms with van der Waals surface area (Å²) < 4.78 is 77.8. The van der Waals surface area contributed by atoms with Crippen molar-refractivity contribution in [3.63, 3.8) is 0 Å². The number of hydrogen-bond acceptors (Lipinski definition) is 5. The van der Waals surface area contributed by atoms with Crippen molar-refractivity contribution in [3.05, 3.63) is 39.8 Å². The highest BCUT2D eigenvalue weighted by molar-refractivity contribution is 5.74. The van der Waals surface area contributed by atoms with Crippen LogP contribution in [-0.4, -0.2) is 33.0 Å². The molecule has 1 N–H and O–H groups in total. The number of alkyl halides is 5. The van der Waals surface area contributed by atoms with Gasteiger partial charge in [0.1, 0.15) is 16.8 Å². The molecule has 0 radical (unpaired) electrons. The molecule has 0 spiro atoms. The summed E-state index contributed by atoms with van der Waals surface area (Å²) in [4.78, 5) is 18.5. The first-order valence-electron chi connectivity index (χ1n) is 8.44. The molecule has 12 heteroatoms. The number of benzene rings is 1. The van der Waals surface area contributed by atoms with Crippen LogP contribution in [-0.2, 0) is 6.18 Å². The van der Waals surface area contributed by atoms with Crippen LogP contribution in [0, 0.1) is 0 Å². The summed E-state index contributed by atoms with van der Waals surface area (Å²) in [5, 5.41) is 3.92. The Morgan fingerprint density at radius 2 is 1.86 bits per heavy atom. The summed E-state index contributed by atoms with van der Waals surface area (Å²) in [6.45, 7) is 3.28. The zero-order valence-corrected chi connectivity index (χ0v) is 15.2. The van der Waals surface area contributed by atoms with Crippen LogP contribution in [0.3, 0.4) is 0 Å². The monoisotopic (exact) mass is 418 g/mol. The van der Waals surface area contributed by atoms with Crippen LogP contribution < -0.4 is 15.0 Å². The maximum atomic E-state index is 13.6. The molecule has 3 aromatic rings. The van der Waals surface area contributed by atoms with Crippen LogP contribution >= 0.6 is 0 Å². The zero-order valence-electron chi connectivity index (χ0n) is 15.2. The van der Waals surface area contributed by atoms with Gasteiger partial charge in [0, 0.05) is 11.8 Å². The fraction of sp³-hybridized carbons (Fsp3) is 0.353. The minimum atomic E-state index is -4.85. The van der Waals surface area contributed by atoms with Gasteiger partial charge in [0.15, 0.2) is 5.65 Å². The Hall–Kier alpha value is -3.18. The van der Waals surface area contributed by atoms with E-state index >= 15 is 0 Å². The SMILES string of the molecule is CCOc1nc2nn(-c3c(OCC)cc(C(F)(F)F)cc3C(F)F)cc2c(=O)[nH]1. The molecule has 0 saturated carbocycles. The van der Waals surface area contributed by atoms with Gasteiger partial charge in [-0.2, -0.15) is 18.2 Å². The van der Waals surface area contributed by atoms with Gasteiger partial charge in [-0.1, -0.05) is 0 Å². The van der Waals surface area contributed by atoms with Gasteiger partial charge >= 0.3 is 6.18 Å². The fourth-order valence-corrected chi connectivity index (χ4v) is 2.69.